The molecule has 0 radical (unpaired) electrons. The fourth-order valence-corrected chi connectivity index (χ4v) is 5.01. The molecule has 1 amide bonds. The molecule has 0 bridgehead atoms. The number of carbonyl (C=O) groups excluding carboxylic acids is 1. The highest BCUT2D eigenvalue weighted by Crippen LogP contribution is 2.31. The molecular formula is C18H25N5O3S. The molecule has 0 atom stereocenters. The normalized spacial score (nSPS) is 19.8. The maximum atomic E-state index is 12.8. The summed E-state index contributed by atoms with van der Waals surface area (Å²) in [7, 11) is -3.22. The van der Waals surface area contributed by atoms with Crippen molar-refractivity contribution in [3.05, 3.63) is 24.2 Å². The molecule has 0 unspecified atom stereocenters. The Labute approximate surface area is 159 Å². The minimum absolute atomic E-state index is 0.0716. The van der Waals surface area contributed by atoms with E-state index < -0.39 is 10.0 Å². The standard InChI is InChI=1S/C18H25N5O3S/c1-27(25,26)21-14-6-8-22(9-7-14)18(24)13-10-16-17(19-11-13)23(12-20-16)15-4-2-3-5-15/h10-12,14-15,21H,2-9H2,1H3. The fourth-order valence-electron chi connectivity index (χ4n) is 4.17. The van der Waals surface area contributed by atoms with Gasteiger partial charge in [-0.15, -0.1) is 0 Å². The molecule has 27 heavy (non-hydrogen) atoms. The number of imidazole rings is 1. The number of piperidine rings is 1. The number of amides is 1. The highest BCUT2D eigenvalue weighted by molar-refractivity contribution is 7.88. The van der Waals surface area contributed by atoms with E-state index in [2.05, 4.69) is 19.3 Å². The van der Waals surface area contributed by atoms with E-state index in [1.807, 2.05) is 12.4 Å². The van der Waals surface area contributed by atoms with Crippen molar-refractivity contribution in [3.8, 4) is 0 Å². The Morgan fingerprint density at radius 3 is 2.52 bits per heavy atom. The van der Waals surface area contributed by atoms with Gasteiger partial charge >= 0.3 is 0 Å². The molecule has 0 aromatic carbocycles. The van der Waals surface area contributed by atoms with E-state index in [9.17, 15) is 13.2 Å². The quantitative estimate of drug-likeness (QED) is 0.856. The third kappa shape index (κ3) is 3.98. The Hall–Kier alpha value is -2.00. The van der Waals surface area contributed by atoms with Crippen LogP contribution in [0, 0.1) is 0 Å². The molecule has 9 heteroatoms. The first-order chi connectivity index (χ1) is 12.9. The first-order valence-electron chi connectivity index (χ1n) is 9.50. The van der Waals surface area contributed by atoms with Crippen LogP contribution in [-0.4, -0.2) is 59.1 Å². The smallest absolute Gasteiger partial charge is 0.255 e. The van der Waals surface area contributed by atoms with Crippen molar-refractivity contribution >= 4 is 27.1 Å². The van der Waals surface area contributed by atoms with E-state index in [4.69, 9.17) is 0 Å². The van der Waals surface area contributed by atoms with Crippen molar-refractivity contribution in [2.75, 3.05) is 19.3 Å². The maximum absolute atomic E-state index is 12.8. The van der Waals surface area contributed by atoms with Crippen LogP contribution in [0.2, 0.25) is 0 Å². The molecule has 1 saturated carbocycles. The Bertz CT molecular complexity index is 941. The predicted octanol–water partition coefficient (Wildman–Crippen LogP) is 1.70. The zero-order valence-electron chi connectivity index (χ0n) is 15.5. The van der Waals surface area contributed by atoms with Gasteiger partial charge in [-0.3, -0.25) is 4.79 Å². The van der Waals surface area contributed by atoms with Gasteiger partial charge in [0.2, 0.25) is 10.0 Å². The van der Waals surface area contributed by atoms with Gasteiger partial charge in [0.15, 0.2) is 5.65 Å². The third-order valence-corrected chi connectivity index (χ3v) is 6.30. The number of nitrogens with zero attached hydrogens (tertiary/aromatic N) is 4. The van der Waals surface area contributed by atoms with E-state index in [0.717, 1.165) is 30.3 Å². The number of rotatable bonds is 4. The van der Waals surface area contributed by atoms with Gasteiger partial charge in [0.25, 0.3) is 5.91 Å². The summed E-state index contributed by atoms with van der Waals surface area (Å²) in [5.41, 5.74) is 2.13. The lowest BCUT2D eigenvalue weighted by Gasteiger charge is -2.32. The van der Waals surface area contributed by atoms with Crippen molar-refractivity contribution in [2.45, 2.75) is 50.6 Å². The van der Waals surface area contributed by atoms with Crippen LogP contribution in [0.25, 0.3) is 11.2 Å². The molecule has 1 aliphatic carbocycles. The highest BCUT2D eigenvalue weighted by Gasteiger charge is 2.26. The maximum Gasteiger partial charge on any atom is 0.255 e. The average molecular weight is 391 g/mol. The molecular weight excluding hydrogens is 366 g/mol. The van der Waals surface area contributed by atoms with Gasteiger partial charge < -0.3 is 9.47 Å². The SMILES string of the molecule is CS(=O)(=O)NC1CCN(C(=O)c2cnc3c(c2)ncn3C2CCCC2)CC1. The minimum Gasteiger partial charge on any atom is -0.338 e. The summed E-state index contributed by atoms with van der Waals surface area (Å²) in [6.07, 6.45) is 10.7. The van der Waals surface area contributed by atoms with Crippen LogP contribution in [0.15, 0.2) is 18.6 Å². The number of aromatic nitrogens is 3. The molecule has 2 aromatic rings. The van der Waals surface area contributed by atoms with E-state index >= 15 is 0 Å². The monoisotopic (exact) mass is 391 g/mol. The second-order valence-electron chi connectivity index (χ2n) is 7.61. The summed E-state index contributed by atoms with van der Waals surface area (Å²) in [4.78, 5) is 23.6. The largest absolute Gasteiger partial charge is 0.338 e. The number of carbonyl (C=O) groups is 1. The third-order valence-electron chi connectivity index (χ3n) is 5.54. The zero-order valence-corrected chi connectivity index (χ0v) is 16.3. The first-order valence-corrected chi connectivity index (χ1v) is 11.4. The van der Waals surface area contributed by atoms with Crippen LogP contribution < -0.4 is 4.72 Å². The van der Waals surface area contributed by atoms with Crippen LogP contribution >= 0.6 is 0 Å². The molecule has 1 saturated heterocycles. The molecule has 1 aliphatic heterocycles. The van der Waals surface area contributed by atoms with Crippen LogP contribution in [0.3, 0.4) is 0 Å². The van der Waals surface area contributed by atoms with Crippen LogP contribution in [0.5, 0.6) is 0 Å². The molecule has 2 fully saturated rings. The number of likely N-dealkylation sites (tertiary alicyclic amines) is 1. The molecule has 3 heterocycles. The molecule has 0 spiro atoms. The van der Waals surface area contributed by atoms with Gasteiger partial charge in [-0.1, -0.05) is 12.8 Å². The van der Waals surface area contributed by atoms with E-state index in [1.165, 1.54) is 12.8 Å². The average Bonchev–Trinajstić information content (AvgIpc) is 3.29. The zero-order chi connectivity index (χ0) is 19.0. The number of hydrogen-bond donors (Lipinski definition) is 1. The minimum atomic E-state index is -3.22. The van der Waals surface area contributed by atoms with Gasteiger partial charge in [-0.25, -0.2) is 23.1 Å². The van der Waals surface area contributed by atoms with Crippen LogP contribution in [0.1, 0.15) is 54.9 Å². The summed E-state index contributed by atoms with van der Waals surface area (Å²) < 4.78 is 27.5. The predicted molar refractivity (Wildman–Crippen MR) is 102 cm³/mol. The molecule has 146 valence electrons. The molecule has 1 N–H and O–H groups in total. The van der Waals surface area contributed by atoms with Gasteiger partial charge in [-0.05, 0) is 31.7 Å². The molecule has 4 rings (SSSR count). The Balaban J connectivity index is 1.45. The van der Waals surface area contributed by atoms with Gasteiger partial charge in [-0.2, -0.15) is 0 Å². The summed E-state index contributed by atoms with van der Waals surface area (Å²) in [6, 6.07) is 2.17. The molecule has 2 aromatic heterocycles. The van der Waals surface area contributed by atoms with Crippen molar-refractivity contribution < 1.29 is 13.2 Å². The summed E-state index contributed by atoms with van der Waals surface area (Å²) in [5, 5.41) is 0. The number of hydrogen-bond acceptors (Lipinski definition) is 5. The number of nitrogens with one attached hydrogen (secondary N) is 1. The number of pyridine rings is 1. The summed E-state index contributed by atoms with van der Waals surface area (Å²) in [6.45, 7) is 1.06. The fraction of sp³-hybridized carbons (Fsp3) is 0.611. The lowest BCUT2D eigenvalue weighted by atomic mass is 10.1. The van der Waals surface area contributed by atoms with Crippen molar-refractivity contribution in [1.29, 1.82) is 0 Å². The summed E-state index contributed by atoms with van der Waals surface area (Å²) in [5.74, 6) is -0.0716. The Kier molecular flexibility index (Phi) is 4.90. The van der Waals surface area contributed by atoms with Crippen molar-refractivity contribution in [1.82, 2.24) is 24.2 Å². The van der Waals surface area contributed by atoms with Gasteiger partial charge in [0.05, 0.1) is 18.1 Å². The second-order valence-corrected chi connectivity index (χ2v) is 9.39. The summed E-state index contributed by atoms with van der Waals surface area (Å²) >= 11 is 0. The van der Waals surface area contributed by atoms with E-state index in [0.29, 0.717) is 37.5 Å². The molecule has 2 aliphatic rings. The topological polar surface area (TPSA) is 97.2 Å². The van der Waals surface area contributed by atoms with Crippen molar-refractivity contribution in [3.63, 3.8) is 0 Å². The second kappa shape index (κ2) is 7.20. The Morgan fingerprint density at radius 2 is 1.85 bits per heavy atom. The van der Waals surface area contributed by atoms with Crippen LogP contribution in [0.4, 0.5) is 0 Å². The first kappa shape index (κ1) is 18.4. The van der Waals surface area contributed by atoms with E-state index in [1.54, 1.807) is 11.1 Å². The lowest BCUT2D eigenvalue weighted by molar-refractivity contribution is 0.0711. The van der Waals surface area contributed by atoms with Crippen molar-refractivity contribution in [2.24, 2.45) is 0 Å². The van der Waals surface area contributed by atoms with E-state index in [-0.39, 0.29) is 11.9 Å². The van der Waals surface area contributed by atoms with Gasteiger partial charge in [0, 0.05) is 31.4 Å². The number of fused-ring (bicyclic) bond motifs is 1. The number of sulfonamides is 1. The lowest BCUT2D eigenvalue weighted by Crippen LogP contribution is -2.46. The van der Waals surface area contributed by atoms with Crippen LogP contribution in [-0.2, 0) is 10.0 Å². The highest BCUT2D eigenvalue weighted by atomic mass is 32.2. The molecule has 8 nitrogen and oxygen atoms in total. The van der Waals surface area contributed by atoms with Gasteiger partial charge in [0.1, 0.15) is 5.52 Å². The Morgan fingerprint density at radius 1 is 1.15 bits per heavy atom.